The third-order valence-electron chi connectivity index (χ3n) is 6.97. The zero-order chi connectivity index (χ0) is 24.3. The summed E-state index contributed by atoms with van der Waals surface area (Å²) in [6.07, 6.45) is 6.66. The first-order valence-electron chi connectivity index (χ1n) is 12.0. The quantitative estimate of drug-likeness (QED) is 0.335. The molecule has 1 fully saturated rings. The van der Waals surface area contributed by atoms with Crippen LogP contribution in [0.4, 0.5) is 0 Å². The van der Waals surface area contributed by atoms with Gasteiger partial charge in [-0.2, -0.15) is 0 Å². The summed E-state index contributed by atoms with van der Waals surface area (Å²) in [7, 11) is 0. The summed E-state index contributed by atoms with van der Waals surface area (Å²) in [4.78, 5) is 37.2. The highest BCUT2D eigenvalue weighted by molar-refractivity contribution is 5.87. The average molecular weight is 469 g/mol. The zero-order valence-electron chi connectivity index (χ0n) is 19.4. The summed E-state index contributed by atoms with van der Waals surface area (Å²) >= 11 is 0. The van der Waals surface area contributed by atoms with E-state index in [-0.39, 0.29) is 12.3 Å². The highest BCUT2D eigenvalue weighted by atomic mass is 16.4. The molecule has 5 rings (SSSR count). The number of amides is 1. The lowest BCUT2D eigenvalue weighted by atomic mass is 9.81. The van der Waals surface area contributed by atoms with Crippen molar-refractivity contribution in [1.29, 1.82) is 0 Å². The number of carbonyl (C=O) groups excluding carboxylic acids is 1. The molecule has 0 bridgehead atoms. The summed E-state index contributed by atoms with van der Waals surface area (Å²) in [6.45, 7) is 0. The molecule has 4 aromatic rings. The maximum atomic E-state index is 13.5. The van der Waals surface area contributed by atoms with Crippen molar-refractivity contribution in [3.05, 3.63) is 84.4 Å². The van der Waals surface area contributed by atoms with E-state index in [1.807, 2.05) is 24.3 Å². The van der Waals surface area contributed by atoms with Crippen molar-refractivity contribution in [1.82, 2.24) is 20.3 Å². The van der Waals surface area contributed by atoms with Crippen LogP contribution in [-0.4, -0.2) is 31.9 Å². The average Bonchev–Trinajstić information content (AvgIpc) is 3.52. The molecule has 0 unspecified atom stereocenters. The number of aliphatic carboxylic acids is 1. The van der Waals surface area contributed by atoms with Crippen molar-refractivity contribution in [3.8, 4) is 11.1 Å². The number of fused-ring (bicyclic) bond motifs is 1. The fourth-order valence-corrected chi connectivity index (χ4v) is 5.09. The molecule has 0 saturated heterocycles. The fraction of sp³-hybridized carbons (Fsp3) is 0.286. The predicted octanol–water partition coefficient (Wildman–Crippen LogP) is 5.06. The van der Waals surface area contributed by atoms with Crippen molar-refractivity contribution >= 4 is 22.9 Å². The van der Waals surface area contributed by atoms with E-state index in [1.54, 1.807) is 12.4 Å². The maximum Gasteiger partial charge on any atom is 0.304 e. The highest BCUT2D eigenvalue weighted by Crippen LogP contribution is 2.42. The Labute approximate surface area is 203 Å². The molecule has 1 saturated carbocycles. The summed E-state index contributed by atoms with van der Waals surface area (Å²) in [5, 5.41) is 12.6. The van der Waals surface area contributed by atoms with Gasteiger partial charge in [-0.15, -0.1) is 0 Å². The Balaban J connectivity index is 1.43. The summed E-state index contributed by atoms with van der Waals surface area (Å²) < 4.78 is 0. The van der Waals surface area contributed by atoms with Gasteiger partial charge >= 0.3 is 5.97 Å². The van der Waals surface area contributed by atoms with Crippen LogP contribution < -0.4 is 5.32 Å². The van der Waals surface area contributed by atoms with Gasteiger partial charge in [0.1, 0.15) is 11.3 Å². The number of aromatic nitrogens is 3. The largest absolute Gasteiger partial charge is 0.481 e. The molecular weight excluding hydrogens is 440 g/mol. The molecule has 3 N–H and O–H groups in total. The number of aromatic amines is 1. The van der Waals surface area contributed by atoms with Crippen molar-refractivity contribution in [2.24, 2.45) is 5.41 Å². The van der Waals surface area contributed by atoms with Gasteiger partial charge in [-0.25, -0.2) is 4.98 Å². The minimum atomic E-state index is -0.940. The smallest absolute Gasteiger partial charge is 0.304 e. The Morgan fingerprint density at radius 3 is 2.40 bits per heavy atom. The van der Waals surface area contributed by atoms with E-state index in [0.717, 1.165) is 40.6 Å². The summed E-state index contributed by atoms with van der Waals surface area (Å²) in [5.41, 5.74) is 4.01. The first-order valence-corrected chi connectivity index (χ1v) is 12.0. The monoisotopic (exact) mass is 468 g/mol. The minimum Gasteiger partial charge on any atom is -0.481 e. The van der Waals surface area contributed by atoms with Crippen LogP contribution in [-0.2, 0) is 16.0 Å². The lowest BCUT2D eigenvalue weighted by Crippen LogP contribution is -2.43. The Kier molecular flexibility index (Phi) is 6.31. The number of carboxylic acid groups (broad SMARTS) is 1. The molecule has 35 heavy (non-hydrogen) atoms. The second-order valence-electron chi connectivity index (χ2n) is 9.37. The molecule has 178 valence electrons. The molecule has 7 nitrogen and oxygen atoms in total. The Morgan fingerprint density at radius 2 is 1.71 bits per heavy atom. The van der Waals surface area contributed by atoms with Crippen LogP contribution in [0, 0.1) is 5.41 Å². The fourth-order valence-electron chi connectivity index (χ4n) is 5.09. The molecule has 2 aromatic heterocycles. The molecule has 1 aliphatic rings. The number of nitrogens with one attached hydrogen (secondary N) is 2. The van der Waals surface area contributed by atoms with Crippen LogP contribution in [0.5, 0.6) is 0 Å². The predicted molar refractivity (Wildman–Crippen MR) is 134 cm³/mol. The number of carbonyl (C=O) groups is 2. The number of hydrogen-bond acceptors (Lipinski definition) is 4. The van der Waals surface area contributed by atoms with Gasteiger partial charge in [0.05, 0.1) is 29.6 Å². The van der Waals surface area contributed by atoms with Crippen molar-refractivity contribution in [3.63, 3.8) is 0 Å². The number of H-pyrrole nitrogens is 1. The third-order valence-corrected chi connectivity index (χ3v) is 6.97. The normalized spacial score (nSPS) is 15.7. The molecule has 1 aliphatic carbocycles. The van der Waals surface area contributed by atoms with E-state index in [2.05, 4.69) is 56.7 Å². The number of carboxylic acids is 1. The third kappa shape index (κ3) is 4.94. The van der Waals surface area contributed by atoms with Crippen molar-refractivity contribution in [2.45, 2.75) is 44.6 Å². The van der Waals surface area contributed by atoms with Crippen molar-refractivity contribution in [2.75, 3.05) is 0 Å². The molecule has 2 aromatic carbocycles. The molecule has 7 heteroatoms. The number of benzene rings is 2. The van der Waals surface area contributed by atoms with Crippen LogP contribution in [0.2, 0.25) is 0 Å². The molecular formula is C28H28N4O3. The Bertz CT molecular complexity index is 1290. The zero-order valence-corrected chi connectivity index (χ0v) is 19.4. The van der Waals surface area contributed by atoms with E-state index >= 15 is 0 Å². The molecule has 1 amide bonds. The summed E-state index contributed by atoms with van der Waals surface area (Å²) in [5.74, 6) is -0.510. The van der Waals surface area contributed by atoms with E-state index in [4.69, 9.17) is 0 Å². The van der Waals surface area contributed by atoms with Gasteiger partial charge < -0.3 is 15.4 Å². The van der Waals surface area contributed by atoms with E-state index in [0.29, 0.717) is 25.1 Å². The molecule has 1 atom stereocenters. The van der Waals surface area contributed by atoms with E-state index in [9.17, 15) is 14.7 Å². The van der Waals surface area contributed by atoms with E-state index in [1.165, 1.54) is 0 Å². The number of rotatable bonds is 8. The highest BCUT2D eigenvalue weighted by Gasteiger charge is 2.43. The molecule has 0 radical (unpaired) electrons. The van der Waals surface area contributed by atoms with Gasteiger partial charge in [0, 0.05) is 6.20 Å². The number of nitrogens with zero attached hydrogens (tertiary/aromatic N) is 2. The second-order valence-corrected chi connectivity index (χ2v) is 9.37. The van der Waals surface area contributed by atoms with E-state index < -0.39 is 17.4 Å². The number of hydrogen-bond donors (Lipinski definition) is 3. The van der Waals surface area contributed by atoms with Gasteiger partial charge in [0.15, 0.2) is 0 Å². The second kappa shape index (κ2) is 9.70. The number of imidazole rings is 1. The Morgan fingerprint density at radius 1 is 1.00 bits per heavy atom. The topological polar surface area (TPSA) is 108 Å². The van der Waals surface area contributed by atoms with Gasteiger partial charge in [-0.3, -0.25) is 14.6 Å². The SMILES string of the molecule is O=C(O)CC1(C(=O)N[C@@H](Cc2ccc(-c3ccccc3)cc2)c2nc3cnccc3[nH]2)CCCC1. The molecule has 2 heterocycles. The summed E-state index contributed by atoms with van der Waals surface area (Å²) in [6, 6.07) is 19.9. The van der Waals surface area contributed by atoms with Gasteiger partial charge in [-0.05, 0) is 42.0 Å². The maximum absolute atomic E-state index is 13.5. The Hall–Kier alpha value is -4.00. The standard InChI is InChI=1S/C28H28N4O3/c33-25(34)17-28(13-4-5-14-28)27(35)32-23(26-30-22-12-15-29-18-24(22)31-26)16-19-8-10-21(11-9-19)20-6-2-1-3-7-20/h1-3,6-12,15,18,23H,4-5,13-14,16-17H2,(H,30,31)(H,32,35)(H,33,34)/t23-/m0/s1. The van der Waals surface area contributed by atoms with Crippen LogP contribution in [0.25, 0.3) is 22.2 Å². The molecule has 0 aliphatic heterocycles. The lowest BCUT2D eigenvalue weighted by Gasteiger charge is -2.28. The van der Waals surface area contributed by atoms with Gasteiger partial charge in [-0.1, -0.05) is 67.4 Å². The lowest BCUT2D eigenvalue weighted by molar-refractivity contribution is -0.145. The first kappa shape index (κ1) is 22.8. The first-order chi connectivity index (χ1) is 17.0. The van der Waals surface area contributed by atoms with Gasteiger partial charge in [0.2, 0.25) is 5.91 Å². The molecule has 0 spiro atoms. The van der Waals surface area contributed by atoms with Crippen LogP contribution >= 0.6 is 0 Å². The minimum absolute atomic E-state index is 0.151. The number of pyridine rings is 1. The van der Waals surface area contributed by atoms with Gasteiger partial charge in [0.25, 0.3) is 0 Å². The van der Waals surface area contributed by atoms with Crippen LogP contribution in [0.3, 0.4) is 0 Å². The van der Waals surface area contributed by atoms with Crippen molar-refractivity contribution < 1.29 is 14.7 Å². The van der Waals surface area contributed by atoms with Crippen LogP contribution in [0.15, 0.2) is 73.1 Å². The van der Waals surface area contributed by atoms with Crippen LogP contribution in [0.1, 0.15) is 49.5 Å².